The minimum Gasteiger partial charge on any atom is -0.469 e. The van der Waals surface area contributed by atoms with Gasteiger partial charge in [0, 0.05) is 18.3 Å². The molecule has 3 heterocycles. The minimum absolute atomic E-state index is 0.0394. The summed E-state index contributed by atoms with van der Waals surface area (Å²) in [6.45, 7) is 30.9. The molecule has 0 radical (unpaired) electrons. The van der Waals surface area contributed by atoms with Crippen molar-refractivity contribution < 1.29 is 32.9 Å². The molecule has 0 bridgehead atoms. The van der Waals surface area contributed by atoms with Crippen LogP contribution in [0.25, 0.3) is 0 Å². The van der Waals surface area contributed by atoms with Crippen LogP contribution in [0.3, 0.4) is 0 Å². The van der Waals surface area contributed by atoms with Gasteiger partial charge in [0.25, 0.3) is 0 Å². The molecule has 0 aliphatic carbocycles. The van der Waals surface area contributed by atoms with E-state index in [0.29, 0.717) is 5.92 Å². The Morgan fingerprint density at radius 3 is 2.24 bits per heavy atom. The lowest BCUT2D eigenvalue weighted by Crippen LogP contribution is -2.53. The first kappa shape index (κ1) is 39.7. The molecule has 0 unspecified atom stereocenters. The summed E-state index contributed by atoms with van der Waals surface area (Å²) in [6.07, 6.45) is 11.5. The first-order valence-corrected chi connectivity index (χ1v) is 21.1. The van der Waals surface area contributed by atoms with Crippen LogP contribution in [-0.2, 0) is 32.9 Å². The van der Waals surface area contributed by atoms with Crippen LogP contribution in [0, 0.1) is 23.7 Å². The van der Waals surface area contributed by atoms with Gasteiger partial charge in [-0.1, -0.05) is 60.6 Å². The summed E-state index contributed by atoms with van der Waals surface area (Å²) < 4.78 is 38.6. The average Bonchev–Trinajstić information content (AvgIpc) is 3.53. The van der Waals surface area contributed by atoms with E-state index in [9.17, 15) is 4.79 Å². The fourth-order valence-corrected chi connectivity index (χ4v) is 9.06. The standard InChI is InChI=1S/C38H70O7Si/c1-25(23-27(3)34(39)40-13)17-16-18-26(2)33-28(4)31(42-36(9,10)44-33)24-30-19-21-38(12,41-30)32-20-22-37(11,43-32)29(5)45-46(14,15)35(6,7)8/h16,18,25-33H,17,19-24H2,1-15H3/b18-16+/t25-,26-,27-,28+,29-,30+,31+,32-,33-,37+,38+/m1/s1. The third-order valence-corrected chi connectivity index (χ3v) is 16.4. The van der Waals surface area contributed by atoms with Crippen LogP contribution in [-0.4, -0.2) is 68.9 Å². The summed E-state index contributed by atoms with van der Waals surface area (Å²) in [5, 5.41) is 0.165. The molecule has 3 aliphatic heterocycles. The lowest BCUT2D eigenvalue weighted by atomic mass is 9.84. The molecule has 0 N–H and O–H groups in total. The fourth-order valence-electron chi connectivity index (χ4n) is 7.57. The van der Waals surface area contributed by atoms with Gasteiger partial charge in [-0.2, -0.15) is 0 Å². The number of allylic oxidation sites excluding steroid dienone is 1. The van der Waals surface area contributed by atoms with E-state index in [4.69, 9.17) is 28.1 Å². The van der Waals surface area contributed by atoms with Crippen LogP contribution in [0.15, 0.2) is 12.2 Å². The lowest BCUT2D eigenvalue weighted by Gasteiger charge is -2.47. The van der Waals surface area contributed by atoms with Gasteiger partial charge < -0.3 is 28.1 Å². The van der Waals surface area contributed by atoms with Crippen molar-refractivity contribution in [1.29, 1.82) is 0 Å². The first-order valence-electron chi connectivity index (χ1n) is 18.2. The maximum Gasteiger partial charge on any atom is 0.308 e. The molecule has 46 heavy (non-hydrogen) atoms. The Morgan fingerprint density at radius 1 is 0.978 bits per heavy atom. The maximum absolute atomic E-state index is 11.8. The third kappa shape index (κ3) is 9.68. The number of hydrogen-bond donors (Lipinski definition) is 0. The van der Waals surface area contributed by atoms with E-state index in [-0.39, 0.29) is 70.5 Å². The topological polar surface area (TPSA) is 72.5 Å². The van der Waals surface area contributed by atoms with Crippen molar-refractivity contribution in [2.75, 3.05) is 7.11 Å². The summed E-state index contributed by atoms with van der Waals surface area (Å²) in [5.41, 5.74) is -0.609. The first-order chi connectivity index (χ1) is 21.0. The number of carbonyl (C=O) groups is 1. The highest BCUT2D eigenvalue weighted by molar-refractivity contribution is 6.74. The monoisotopic (exact) mass is 666 g/mol. The van der Waals surface area contributed by atoms with Crippen LogP contribution < -0.4 is 0 Å². The number of hydrogen-bond acceptors (Lipinski definition) is 7. The molecule has 0 amide bonds. The Morgan fingerprint density at radius 2 is 1.63 bits per heavy atom. The molecule has 3 fully saturated rings. The molecule has 3 aliphatic rings. The fraction of sp³-hybridized carbons (Fsp3) is 0.921. The molecule has 7 nitrogen and oxygen atoms in total. The summed E-state index contributed by atoms with van der Waals surface area (Å²) >= 11 is 0. The van der Waals surface area contributed by atoms with Crippen molar-refractivity contribution in [3.63, 3.8) is 0 Å². The Balaban J connectivity index is 1.58. The van der Waals surface area contributed by atoms with E-state index in [1.165, 1.54) is 7.11 Å². The van der Waals surface area contributed by atoms with Crippen LogP contribution in [0.4, 0.5) is 0 Å². The average molecular weight is 667 g/mol. The van der Waals surface area contributed by atoms with Crippen LogP contribution in [0.5, 0.6) is 0 Å². The van der Waals surface area contributed by atoms with Gasteiger partial charge in [0.15, 0.2) is 14.1 Å². The largest absolute Gasteiger partial charge is 0.469 e. The van der Waals surface area contributed by atoms with Crippen molar-refractivity contribution >= 4 is 14.3 Å². The van der Waals surface area contributed by atoms with E-state index in [1.807, 2.05) is 20.8 Å². The molecule has 8 heteroatoms. The van der Waals surface area contributed by atoms with Crippen LogP contribution in [0.2, 0.25) is 18.1 Å². The number of ether oxygens (including phenoxy) is 5. The molecule has 0 aromatic carbocycles. The van der Waals surface area contributed by atoms with Gasteiger partial charge >= 0.3 is 5.97 Å². The Labute approximate surface area is 283 Å². The minimum atomic E-state index is -1.90. The molecule has 0 aromatic heterocycles. The van der Waals surface area contributed by atoms with Crippen molar-refractivity contribution in [2.45, 2.75) is 194 Å². The van der Waals surface area contributed by atoms with Gasteiger partial charge in [-0.25, -0.2) is 0 Å². The van der Waals surface area contributed by atoms with E-state index in [2.05, 4.69) is 87.6 Å². The number of esters is 1. The number of rotatable bonds is 13. The molecular formula is C38H70O7Si. The van der Waals surface area contributed by atoms with Gasteiger partial charge in [-0.05, 0) is 97.2 Å². The zero-order valence-electron chi connectivity index (χ0n) is 32.2. The highest BCUT2D eigenvalue weighted by atomic mass is 28.4. The molecule has 3 saturated heterocycles. The number of carbonyl (C=O) groups excluding carboxylic acids is 1. The third-order valence-electron chi connectivity index (χ3n) is 11.8. The predicted molar refractivity (Wildman–Crippen MR) is 188 cm³/mol. The second kappa shape index (κ2) is 15.0. The number of methoxy groups -OCH3 is 1. The highest BCUT2D eigenvalue weighted by Crippen LogP contribution is 2.48. The van der Waals surface area contributed by atoms with E-state index >= 15 is 0 Å². The summed E-state index contributed by atoms with van der Waals surface area (Å²) in [7, 11) is -0.445. The van der Waals surface area contributed by atoms with Gasteiger partial charge in [-0.3, -0.25) is 4.79 Å². The molecule has 3 rings (SSSR count). The van der Waals surface area contributed by atoms with Gasteiger partial charge in [0.1, 0.15) is 0 Å². The Hall–Kier alpha value is -0.773. The van der Waals surface area contributed by atoms with Crippen molar-refractivity contribution in [3.8, 4) is 0 Å². The molecule has 11 atom stereocenters. The van der Waals surface area contributed by atoms with E-state index in [1.54, 1.807) is 0 Å². The lowest BCUT2D eigenvalue weighted by molar-refractivity contribution is -0.328. The Bertz CT molecular complexity index is 1040. The quantitative estimate of drug-likeness (QED) is 0.110. The van der Waals surface area contributed by atoms with Crippen LogP contribution >= 0.6 is 0 Å². The predicted octanol–water partition coefficient (Wildman–Crippen LogP) is 9.24. The summed E-state index contributed by atoms with van der Waals surface area (Å²) in [5.74, 6) is -0.0195. The molecule has 268 valence electrons. The Kier molecular flexibility index (Phi) is 12.9. The van der Waals surface area contributed by atoms with Crippen molar-refractivity contribution in [2.24, 2.45) is 23.7 Å². The molecule has 0 aromatic rings. The van der Waals surface area contributed by atoms with Gasteiger partial charge in [0.05, 0.1) is 54.7 Å². The SMILES string of the molecule is COC(=O)[C@H](C)C[C@H](C)C/C=C/[C@@H](C)[C@H]1OC(C)(C)O[C@@H](C[C@@H]2CC[C@@](C)([C@H]3CC[C@@](C)([C@@H](C)O[Si](C)(C)C(C)(C)C)O3)O2)[C@@H]1C. The normalized spacial score (nSPS) is 36.5. The van der Waals surface area contributed by atoms with Crippen LogP contribution in [0.1, 0.15) is 128 Å². The molecular weight excluding hydrogens is 596 g/mol. The zero-order chi connectivity index (χ0) is 34.9. The maximum atomic E-state index is 11.8. The highest BCUT2D eigenvalue weighted by Gasteiger charge is 2.53. The molecule has 0 spiro atoms. The summed E-state index contributed by atoms with van der Waals surface area (Å²) in [6, 6.07) is 0. The summed E-state index contributed by atoms with van der Waals surface area (Å²) in [4.78, 5) is 11.8. The zero-order valence-corrected chi connectivity index (χ0v) is 33.2. The van der Waals surface area contributed by atoms with Crippen molar-refractivity contribution in [3.05, 3.63) is 12.2 Å². The second-order valence-corrected chi connectivity index (χ2v) is 22.3. The second-order valence-electron chi connectivity index (χ2n) is 17.6. The van der Waals surface area contributed by atoms with Crippen molar-refractivity contribution in [1.82, 2.24) is 0 Å². The van der Waals surface area contributed by atoms with Gasteiger partial charge in [-0.15, -0.1) is 0 Å². The van der Waals surface area contributed by atoms with E-state index in [0.717, 1.165) is 44.9 Å². The van der Waals surface area contributed by atoms with Gasteiger partial charge in [0.2, 0.25) is 0 Å². The molecule has 0 saturated carbocycles. The van der Waals surface area contributed by atoms with E-state index < -0.39 is 14.1 Å². The smallest absolute Gasteiger partial charge is 0.308 e.